The van der Waals surface area contributed by atoms with Gasteiger partial charge in [-0.15, -0.1) is 0 Å². The summed E-state index contributed by atoms with van der Waals surface area (Å²) in [7, 11) is 1.74. The number of para-hydroxylation sites is 1. The second-order valence-electron chi connectivity index (χ2n) is 5.97. The normalized spacial score (nSPS) is 17.2. The molecule has 0 aromatic heterocycles. The Bertz CT molecular complexity index is 924. The van der Waals surface area contributed by atoms with E-state index < -0.39 is 0 Å². The number of rotatable bonds is 5. The molecule has 140 valence electrons. The van der Waals surface area contributed by atoms with Crippen molar-refractivity contribution in [1.82, 2.24) is 4.90 Å². The molecular formula is C21H21ClN2O2S. The number of thioether (sulfide) groups is 1. The molecule has 1 heterocycles. The van der Waals surface area contributed by atoms with Crippen molar-refractivity contribution in [1.29, 1.82) is 0 Å². The molecule has 2 aromatic rings. The zero-order valence-electron chi connectivity index (χ0n) is 15.5. The predicted molar refractivity (Wildman–Crippen MR) is 114 cm³/mol. The highest BCUT2D eigenvalue weighted by Gasteiger charge is 2.30. The van der Waals surface area contributed by atoms with Crippen LogP contribution in [0.25, 0.3) is 6.08 Å². The number of amides is 1. The zero-order valence-corrected chi connectivity index (χ0v) is 17.1. The van der Waals surface area contributed by atoms with E-state index in [1.165, 1.54) is 11.8 Å². The average molecular weight is 401 g/mol. The fourth-order valence-electron chi connectivity index (χ4n) is 2.73. The largest absolute Gasteiger partial charge is 0.493 e. The topological polar surface area (TPSA) is 41.9 Å². The second kappa shape index (κ2) is 8.63. The number of aliphatic imine (C=N–C) groups is 1. The lowest BCUT2D eigenvalue weighted by Crippen LogP contribution is -2.23. The van der Waals surface area contributed by atoms with Crippen LogP contribution in [0, 0.1) is 0 Å². The van der Waals surface area contributed by atoms with E-state index in [2.05, 4.69) is 13.0 Å². The van der Waals surface area contributed by atoms with Gasteiger partial charge in [-0.3, -0.25) is 9.69 Å². The van der Waals surface area contributed by atoms with Crippen LogP contribution in [0.15, 0.2) is 52.4 Å². The van der Waals surface area contributed by atoms with E-state index in [-0.39, 0.29) is 5.91 Å². The van der Waals surface area contributed by atoms with Gasteiger partial charge in [0.25, 0.3) is 5.91 Å². The molecule has 0 atom stereocenters. The maximum atomic E-state index is 12.7. The summed E-state index contributed by atoms with van der Waals surface area (Å²) in [5.74, 6) is 0.613. The van der Waals surface area contributed by atoms with Crippen molar-refractivity contribution in [3.8, 4) is 5.75 Å². The number of nitrogens with zero attached hydrogens (tertiary/aromatic N) is 2. The molecule has 0 bridgehead atoms. The van der Waals surface area contributed by atoms with E-state index in [1.54, 1.807) is 24.1 Å². The van der Waals surface area contributed by atoms with Crippen molar-refractivity contribution in [2.45, 2.75) is 20.3 Å². The molecule has 1 saturated heterocycles. The Morgan fingerprint density at radius 3 is 2.74 bits per heavy atom. The van der Waals surface area contributed by atoms with Gasteiger partial charge in [-0.05, 0) is 61.0 Å². The van der Waals surface area contributed by atoms with E-state index in [4.69, 9.17) is 21.3 Å². The fraction of sp³-hybridized carbons (Fsp3) is 0.238. The number of likely N-dealkylation sites (N-methyl/N-ethyl adjacent to an activating group) is 1. The molecule has 0 radical (unpaired) electrons. The summed E-state index contributed by atoms with van der Waals surface area (Å²) < 4.78 is 5.65. The average Bonchev–Trinajstić information content (AvgIpc) is 2.92. The van der Waals surface area contributed by atoms with Crippen LogP contribution in [0.4, 0.5) is 5.69 Å². The summed E-state index contributed by atoms with van der Waals surface area (Å²) in [5, 5.41) is 1.26. The third-order valence-corrected chi connectivity index (χ3v) is 5.45. The molecule has 1 fully saturated rings. The van der Waals surface area contributed by atoms with Crippen molar-refractivity contribution < 1.29 is 9.53 Å². The summed E-state index contributed by atoms with van der Waals surface area (Å²) in [5.41, 5.74) is 2.82. The van der Waals surface area contributed by atoms with Crippen molar-refractivity contribution in [2.75, 3.05) is 13.7 Å². The van der Waals surface area contributed by atoms with Crippen LogP contribution >= 0.6 is 23.4 Å². The molecular weight excluding hydrogens is 380 g/mol. The third kappa shape index (κ3) is 4.37. The maximum absolute atomic E-state index is 12.7. The molecule has 3 rings (SSSR count). The molecule has 0 unspecified atom stereocenters. The quantitative estimate of drug-likeness (QED) is 0.619. The minimum absolute atomic E-state index is 0.0878. The van der Waals surface area contributed by atoms with Gasteiger partial charge in [0.2, 0.25) is 0 Å². The molecule has 0 aliphatic carbocycles. The Balaban J connectivity index is 1.96. The molecule has 6 heteroatoms. The summed E-state index contributed by atoms with van der Waals surface area (Å²) in [6, 6.07) is 13.4. The summed E-state index contributed by atoms with van der Waals surface area (Å²) in [6.45, 7) is 4.55. The van der Waals surface area contributed by atoms with Crippen LogP contribution in [0.1, 0.15) is 25.0 Å². The van der Waals surface area contributed by atoms with Gasteiger partial charge in [-0.1, -0.05) is 36.7 Å². The van der Waals surface area contributed by atoms with Crippen molar-refractivity contribution in [2.24, 2.45) is 4.99 Å². The molecule has 1 aliphatic rings. The number of ether oxygens (including phenoxy) is 1. The van der Waals surface area contributed by atoms with E-state index in [0.717, 1.165) is 23.2 Å². The predicted octanol–water partition coefficient (Wildman–Crippen LogP) is 5.53. The van der Waals surface area contributed by atoms with E-state index in [9.17, 15) is 4.79 Å². The number of hydrogen-bond acceptors (Lipinski definition) is 4. The van der Waals surface area contributed by atoms with Crippen molar-refractivity contribution >= 4 is 46.2 Å². The van der Waals surface area contributed by atoms with Crippen LogP contribution in [-0.2, 0) is 11.2 Å². The molecule has 0 spiro atoms. The number of aryl methyl sites for hydroxylation is 1. The van der Waals surface area contributed by atoms with Gasteiger partial charge in [0.05, 0.1) is 17.2 Å². The molecule has 0 N–H and O–H groups in total. The molecule has 1 aliphatic heterocycles. The molecule has 27 heavy (non-hydrogen) atoms. The zero-order chi connectivity index (χ0) is 19.4. The monoisotopic (exact) mass is 400 g/mol. The first-order valence-corrected chi connectivity index (χ1v) is 9.99. The summed E-state index contributed by atoms with van der Waals surface area (Å²) >= 11 is 7.48. The number of halogens is 1. The van der Waals surface area contributed by atoms with Crippen molar-refractivity contribution in [3.63, 3.8) is 0 Å². The maximum Gasteiger partial charge on any atom is 0.266 e. The first-order valence-electron chi connectivity index (χ1n) is 8.80. The number of carbonyl (C=O) groups excluding carboxylic acids is 1. The first-order chi connectivity index (χ1) is 13.0. The van der Waals surface area contributed by atoms with Gasteiger partial charge >= 0.3 is 0 Å². The summed E-state index contributed by atoms with van der Waals surface area (Å²) in [4.78, 5) is 19.6. The highest BCUT2D eigenvalue weighted by Crippen LogP contribution is 2.36. The van der Waals surface area contributed by atoms with Crippen LogP contribution < -0.4 is 4.74 Å². The number of benzene rings is 2. The second-order valence-corrected chi connectivity index (χ2v) is 7.41. The number of hydrogen-bond donors (Lipinski definition) is 0. The highest BCUT2D eigenvalue weighted by molar-refractivity contribution is 8.18. The Kier molecular flexibility index (Phi) is 6.24. The molecule has 0 saturated carbocycles. The van der Waals surface area contributed by atoms with E-state index in [1.807, 2.05) is 37.3 Å². The molecule has 4 nitrogen and oxygen atoms in total. The lowest BCUT2D eigenvalue weighted by atomic mass is 10.1. The van der Waals surface area contributed by atoms with Crippen LogP contribution in [0.5, 0.6) is 5.75 Å². The van der Waals surface area contributed by atoms with Gasteiger partial charge in [0, 0.05) is 17.6 Å². The smallest absolute Gasteiger partial charge is 0.266 e. The van der Waals surface area contributed by atoms with Crippen LogP contribution in [0.3, 0.4) is 0 Å². The molecule has 1 amide bonds. The van der Waals surface area contributed by atoms with Gasteiger partial charge in [-0.2, -0.15) is 0 Å². The highest BCUT2D eigenvalue weighted by atomic mass is 35.5. The van der Waals surface area contributed by atoms with Gasteiger partial charge in [0.1, 0.15) is 5.75 Å². The minimum Gasteiger partial charge on any atom is -0.493 e. The minimum atomic E-state index is -0.0878. The Morgan fingerprint density at radius 2 is 2.00 bits per heavy atom. The van der Waals surface area contributed by atoms with Gasteiger partial charge in [0.15, 0.2) is 5.17 Å². The van der Waals surface area contributed by atoms with E-state index in [0.29, 0.717) is 27.5 Å². The first kappa shape index (κ1) is 19.5. The van der Waals surface area contributed by atoms with Gasteiger partial charge < -0.3 is 4.74 Å². The Hall–Kier alpha value is -2.24. The summed E-state index contributed by atoms with van der Waals surface area (Å²) in [6.07, 6.45) is 2.70. The van der Waals surface area contributed by atoms with Gasteiger partial charge in [-0.25, -0.2) is 4.99 Å². The lowest BCUT2D eigenvalue weighted by Gasteiger charge is -2.09. The van der Waals surface area contributed by atoms with Crippen LogP contribution in [-0.4, -0.2) is 29.6 Å². The van der Waals surface area contributed by atoms with Crippen LogP contribution in [0.2, 0.25) is 5.02 Å². The van der Waals surface area contributed by atoms with E-state index >= 15 is 0 Å². The number of carbonyl (C=O) groups is 1. The number of amidine groups is 1. The standard InChI is InChI=1S/C21H21ClN2O2S/c1-4-14-8-6-7-9-17(14)23-21-24(3)20(25)19(27-21)13-15-12-16(22)10-11-18(15)26-5-2/h6-13H,4-5H2,1-3H3/b19-13+,23-21?. The third-order valence-electron chi connectivity index (χ3n) is 4.15. The fourth-order valence-corrected chi connectivity index (χ4v) is 3.89. The lowest BCUT2D eigenvalue weighted by molar-refractivity contribution is -0.121. The Morgan fingerprint density at radius 1 is 1.22 bits per heavy atom. The van der Waals surface area contributed by atoms with Crippen molar-refractivity contribution in [3.05, 3.63) is 63.5 Å². The SMILES string of the molecule is CCOc1ccc(Cl)cc1/C=C1/SC(=Nc2ccccc2CC)N(C)C1=O. The molecule has 2 aromatic carbocycles. The Labute approximate surface area is 168 Å².